The zero-order chi connectivity index (χ0) is 23.3. The van der Waals surface area contributed by atoms with Gasteiger partial charge in [0, 0.05) is 38.9 Å². The molecule has 0 bridgehead atoms. The van der Waals surface area contributed by atoms with Gasteiger partial charge in [-0.15, -0.1) is 0 Å². The average molecular weight is 445 g/mol. The summed E-state index contributed by atoms with van der Waals surface area (Å²) in [5, 5.41) is 9.68. The first-order valence-corrected chi connectivity index (χ1v) is 10.7. The van der Waals surface area contributed by atoms with Gasteiger partial charge in [-0.1, -0.05) is 13.8 Å². The summed E-state index contributed by atoms with van der Waals surface area (Å²) in [4.78, 5) is 36.8. The van der Waals surface area contributed by atoms with Crippen LogP contribution in [0.1, 0.15) is 34.6 Å². The molecule has 1 saturated heterocycles. The summed E-state index contributed by atoms with van der Waals surface area (Å²) in [5.74, 6) is 1.02. The summed E-state index contributed by atoms with van der Waals surface area (Å²) in [6, 6.07) is -0.392. The molecule has 0 unspecified atom stereocenters. The number of amides is 3. The van der Waals surface area contributed by atoms with Gasteiger partial charge >= 0.3 is 12.1 Å². The Labute approximate surface area is 188 Å². The maximum absolute atomic E-state index is 12.2. The first kappa shape index (κ1) is 23.3. The highest BCUT2D eigenvalue weighted by atomic mass is 16.6. The van der Waals surface area contributed by atoms with Gasteiger partial charge in [-0.25, -0.2) is 19.6 Å². The molecule has 0 aromatic carbocycles. The lowest BCUT2D eigenvalue weighted by molar-refractivity contribution is 0.0240. The van der Waals surface area contributed by atoms with Crippen molar-refractivity contribution >= 4 is 29.4 Å². The van der Waals surface area contributed by atoms with E-state index in [0.717, 1.165) is 6.54 Å². The lowest BCUT2D eigenvalue weighted by Gasteiger charge is -2.35. The van der Waals surface area contributed by atoms with Crippen molar-refractivity contribution in [2.45, 2.75) is 46.8 Å². The van der Waals surface area contributed by atoms with Crippen LogP contribution in [0.3, 0.4) is 0 Å². The molecular weight excluding hydrogens is 412 g/mol. The zero-order valence-electron chi connectivity index (χ0n) is 19.3. The molecule has 1 aliphatic heterocycles. The molecular formula is C21H32N8O3. The highest BCUT2D eigenvalue weighted by molar-refractivity contribution is 5.99. The Morgan fingerprint density at radius 1 is 1.03 bits per heavy atom. The van der Waals surface area contributed by atoms with Gasteiger partial charge in [0.1, 0.15) is 5.60 Å². The Morgan fingerprint density at radius 2 is 1.66 bits per heavy atom. The quantitative estimate of drug-likeness (QED) is 0.728. The molecule has 2 aromatic heterocycles. The van der Waals surface area contributed by atoms with Crippen molar-refractivity contribution in [1.29, 1.82) is 0 Å². The van der Waals surface area contributed by atoms with Crippen molar-refractivity contribution in [1.82, 2.24) is 24.6 Å². The first-order valence-electron chi connectivity index (χ1n) is 10.7. The fraction of sp³-hybridized carbons (Fsp3) is 0.571. The standard InChI is InChI=1S/C21H32N8O3/c1-15(2)13-29-14-17(12-24-29)26-19(30)25-16-10-22-18(23-11-16)27-6-8-28(9-7-27)20(31)32-21(3,4)5/h10-12,14-15H,6-9,13H2,1-5H3,(H2,25,26,30). The number of ether oxygens (including phenoxy) is 1. The molecule has 0 aliphatic carbocycles. The molecule has 11 heteroatoms. The first-order chi connectivity index (χ1) is 15.1. The topological polar surface area (TPSA) is 118 Å². The molecule has 174 valence electrons. The van der Waals surface area contributed by atoms with E-state index in [4.69, 9.17) is 4.74 Å². The summed E-state index contributed by atoms with van der Waals surface area (Å²) >= 11 is 0. The second-order valence-electron chi connectivity index (χ2n) is 9.15. The second-order valence-corrected chi connectivity index (χ2v) is 9.15. The van der Waals surface area contributed by atoms with Crippen LogP contribution in [0.2, 0.25) is 0 Å². The van der Waals surface area contributed by atoms with E-state index >= 15 is 0 Å². The number of carbonyl (C=O) groups excluding carboxylic acids is 2. The SMILES string of the molecule is CC(C)Cn1cc(NC(=O)Nc2cnc(N3CCN(C(=O)OC(C)(C)C)CC3)nc2)cn1. The van der Waals surface area contributed by atoms with E-state index < -0.39 is 11.6 Å². The summed E-state index contributed by atoms with van der Waals surface area (Å²) < 4.78 is 7.21. The third-order valence-electron chi connectivity index (χ3n) is 4.55. The summed E-state index contributed by atoms with van der Waals surface area (Å²) in [6.45, 7) is 12.8. The third-order valence-corrected chi connectivity index (χ3v) is 4.55. The molecule has 3 amide bonds. The van der Waals surface area contributed by atoms with Crippen molar-refractivity contribution in [2.24, 2.45) is 5.92 Å². The number of anilines is 3. The highest BCUT2D eigenvalue weighted by Gasteiger charge is 2.26. The predicted molar refractivity (Wildman–Crippen MR) is 122 cm³/mol. The van der Waals surface area contributed by atoms with Gasteiger partial charge in [-0.3, -0.25) is 4.68 Å². The molecule has 0 saturated carbocycles. The van der Waals surface area contributed by atoms with Gasteiger partial charge in [0.2, 0.25) is 5.95 Å². The van der Waals surface area contributed by atoms with E-state index in [0.29, 0.717) is 49.4 Å². The van der Waals surface area contributed by atoms with Crippen LogP contribution in [0.5, 0.6) is 0 Å². The van der Waals surface area contributed by atoms with Crippen LogP contribution in [0.15, 0.2) is 24.8 Å². The van der Waals surface area contributed by atoms with Gasteiger partial charge in [0.15, 0.2) is 0 Å². The van der Waals surface area contributed by atoms with Crippen LogP contribution in [-0.2, 0) is 11.3 Å². The van der Waals surface area contributed by atoms with E-state index in [-0.39, 0.29) is 6.09 Å². The Kier molecular flexibility index (Phi) is 7.16. The summed E-state index contributed by atoms with van der Waals surface area (Å²) in [5.41, 5.74) is 0.581. The van der Waals surface area contributed by atoms with E-state index in [2.05, 4.69) is 39.5 Å². The fourth-order valence-electron chi connectivity index (χ4n) is 3.16. The van der Waals surface area contributed by atoms with E-state index in [1.807, 2.05) is 25.7 Å². The lowest BCUT2D eigenvalue weighted by Crippen LogP contribution is -2.50. The van der Waals surface area contributed by atoms with E-state index in [9.17, 15) is 9.59 Å². The molecule has 2 aromatic rings. The summed E-state index contributed by atoms with van der Waals surface area (Å²) in [6.07, 6.45) is 6.21. The third kappa shape index (κ3) is 6.82. The number of carbonyl (C=O) groups is 2. The molecule has 3 heterocycles. The van der Waals surface area contributed by atoms with Gasteiger partial charge in [-0.2, -0.15) is 5.10 Å². The molecule has 0 spiro atoms. The largest absolute Gasteiger partial charge is 0.444 e. The molecule has 2 N–H and O–H groups in total. The van der Waals surface area contributed by atoms with Crippen molar-refractivity contribution in [2.75, 3.05) is 41.7 Å². The van der Waals surface area contributed by atoms with E-state index in [1.165, 1.54) is 0 Å². The van der Waals surface area contributed by atoms with Crippen LogP contribution in [0, 0.1) is 5.92 Å². The summed E-state index contributed by atoms with van der Waals surface area (Å²) in [7, 11) is 0. The molecule has 32 heavy (non-hydrogen) atoms. The van der Waals surface area contributed by atoms with Crippen LogP contribution in [0.4, 0.5) is 26.9 Å². The Hall–Kier alpha value is -3.37. The van der Waals surface area contributed by atoms with Crippen molar-refractivity contribution in [3.8, 4) is 0 Å². The molecule has 0 radical (unpaired) electrons. The number of aromatic nitrogens is 4. The smallest absolute Gasteiger partial charge is 0.410 e. The Morgan fingerprint density at radius 3 is 2.25 bits per heavy atom. The number of rotatable bonds is 5. The number of nitrogens with zero attached hydrogens (tertiary/aromatic N) is 6. The van der Waals surface area contributed by atoms with Crippen molar-refractivity contribution in [3.63, 3.8) is 0 Å². The zero-order valence-corrected chi connectivity index (χ0v) is 19.3. The maximum Gasteiger partial charge on any atom is 0.410 e. The van der Waals surface area contributed by atoms with Crippen molar-refractivity contribution in [3.05, 3.63) is 24.8 Å². The van der Waals surface area contributed by atoms with E-state index in [1.54, 1.807) is 34.4 Å². The predicted octanol–water partition coefficient (Wildman–Crippen LogP) is 3.03. The van der Waals surface area contributed by atoms with Crippen LogP contribution >= 0.6 is 0 Å². The maximum atomic E-state index is 12.2. The minimum atomic E-state index is -0.513. The molecule has 1 aliphatic rings. The number of hydrogen-bond acceptors (Lipinski definition) is 7. The molecule has 11 nitrogen and oxygen atoms in total. The molecule has 3 rings (SSSR count). The van der Waals surface area contributed by atoms with Crippen LogP contribution in [-0.4, -0.2) is 68.6 Å². The lowest BCUT2D eigenvalue weighted by atomic mass is 10.2. The van der Waals surface area contributed by atoms with Crippen LogP contribution < -0.4 is 15.5 Å². The Bertz CT molecular complexity index is 912. The number of urea groups is 1. The minimum Gasteiger partial charge on any atom is -0.444 e. The van der Waals surface area contributed by atoms with Crippen LogP contribution in [0.25, 0.3) is 0 Å². The number of piperazine rings is 1. The fourth-order valence-corrected chi connectivity index (χ4v) is 3.16. The molecule has 0 atom stereocenters. The van der Waals surface area contributed by atoms with Gasteiger partial charge in [0.05, 0.1) is 30.0 Å². The Balaban J connectivity index is 1.47. The number of hydrogen-bond donors (Lipinski definition) is 2. The normalized spacial score (nSPS) is 14.4. The van der Waals surface area contributed by atoms with Crippen molar-refractivity contribution < 1.29 is 14.3 Å². The molecule has 1 fully saturated rings. The monoisotopic (exact) mass is 444 g/mol. The van der Waals surface area contributed by atoms with Gasteiger partial charge in [0.25, 0.3) is 0 Å². The van der Waals surface area contributed by atoms with Gasteiger partial charge < -0.3 is 25.2 Å². The van der Waals surface area contributed by atoms with Gasteiger partial charge in [-0.05, 0) is 26.7 Å². The number of nitrogens with one attached hydrogen (secondary N) is 2. The second kappa shape index (κ2) is 9.84. The highest BCUT2D eigenvalue weighted by Crippen LogP contribution is 2.16. The average Bonchev–Trinajstić information content (AvgIpc) is 3.13. The minimum absolute atomic E-state index is 0.307.